The first-order valence-corrected chi connectivity index (χ1v) is 16.1. The van der Waals surface area contributed by atoms with Crippen molar-refractivity contribution in [2.24, 2.45) is 5.41 Å². The normalized spacial score (nSPS) is 18.0. The summed E-state index contributed by atoms with van der Waals surface area (Å²) in [5, 5.41) is 3.74. The molecule has 1 atom stereocenters. The first-order valence-electron chi connectivity index (χ1n) is 14.3. The van der Waals surface area contributed by atoms with Crippen LogP contribution in [0, 0.1) is 12.3 Å². The number of fused-ring (bicyclic) bond motifs is 1. The van der Waals surface area contributed by atoms with Crippen molar-refractivity contribution in [3.05, 3.63) is 77.6 Å². The molecule has 2 fully saturated rings. The number of carbonyl (C=O) groups excluding carboxylic acids is 1. The summed E-state index contributed by atoms with van der Waals surface area (Å²) in [6.45, 7) is 3.92. The van der Waals surface area contributed by atoms with Crippen LogP contribution in [0.25, 0.3) is 22.3 Å². The summed E-state index contributed by atoms with van der Waals surface area (Å²) in [7, 11) is 0.954. The zero-order chi connectivity index (χ0) is 29.6. The van der Waals surface area contributed by atoms with Crippen LogP contribution in [0.2, 0.25) is 0 Å². The number of benzene rings is 1. The van der Waals surface area contributed by atoms with E-state index in [4.69, 9.17) is 9.97 Å². The Bertz CT molecular complexity index is 1780. The van der Waals surface area contributed by atoms with Crippen molar-refractivity contribution in [3.8, 4) is 11.4 Å². The molecule has 6 rings (SSSR count). The van der Waals surface area contributed by atoms with E-state index >= 15 is 0 Å². The molecular formula is C32H36N6O3S. The number of carbonyl (C=O) groups is 1. The molecule has 10 heteroatoms. The number of pyridine rings is 3. The lowest BCUT2D eigenvalue weighted by Crippen LogP contribution is -2.50. The molecule has 0 radical (unpaired) electrons. The van der Waals surface area contributed by atoms with Crippen LogP contribution in [0.15, 0.2) is 65.7 Å². The van der Waals surface area contributed by atoms with E-state index < -0.39 is 9.84 Å². The number of rotatable bonds is 7. The maximum absolute atomic E-state index is 12.8. The molecule has 1 aromatic carbocycles. The van der Waals surface area contributed by atoms with Crippen molar-refractivity contribution >= 4 is 32.5 Å². The zero-order valence-electron chi connectivity index (χ0n) is 24.5. The van der Waals surface area contributed by atoms with Crippen molar-refractivity contribution in [2.45, 2.75) is 43.7 Å². The highest BCUT2D eigenvalue weighted by atomic mass is 32.2. The van der Waals surface area contributed by atoms with Gasteiger partial charge in [-0.25, -0.2) is 18.4 Å². The fourth-order valence-electron chi connectivity index (χ4n) is 6.26. The number of sulfone groups is 1. The molecule has 1 aliphatic carbocycles. The van der Waals surface area contributed by atoms with E-state index in [1.54, 1.807) is 25.3 Å². The van der Waals surface area contributed by atoms with Gasteiger partial charge in [-0.1, -0.05) is 12.1 Å². The van der Waals surface area contributed by atoms with E-state index in [9.17, 15) is 13.2 Å². The lowest BCUT2D eigenvalue weighted by Gasteiger charge is -2.42. The first kappa shape index (κ1) is 28.2. The van der Waals surface area contributed by atoms with Crippen LogP contribution >= 0.6 is 0 Å². The Labute approximate surface area is 246 Å². The molecule has 1 unspecified atom stereocenters. The minimum atomic E-state index is -3.44. The Morgan fingerprint density at radius 3 is 2.60 bits per heavy atom. The average molecular weight is 585 g/mol. The number of anilines is 1. The third kappa shape index (κ3) is 5.61. The maximum atomic E-state index is 12.8. The summed E-state index contributed by atoms with van der Waals surface area (Å²) in [5.41, 5.74) is 4.28. The number of aromatic nitrogens is 3. The highest BCUT2D eigenvalue weighted by Crippen LogP contribution is 2.54. The summed E-state index contributed by atoms with van der Waals surface area (Å²) in [6, 6.07) is 17.3. The van der Waals surface area contributed by atoms with Crippen LogP contribution in [0.1, 0.15) is 40.9 Å². The van der Waals surface area contributed by atoms with Gasteiger partial charge in [0, 0.05) is 47.9 Å². The van der Waals surface area contributed by atoms with Gasteiger partial charge in [-0.3, -0.25) is 9.78 Å². The predicted octanol–water partition coefficient (Wildman–Crippen LogP) is 4.25. The molecule has 42 heavy (non-hydrogen) atoms. The molecule has 0 bridgehead atoms. The summed E-state index contributed by atoms with van der Waals surface area (Å²) < 4.78 is 24.1. The highest BCUT2D eigenvalue weighted by molar-refractivity contribution is 7.90. The monoisotopic (exact) mass is 584 g/mol. The Kier molecular flexibility index (Phi) is 7.22. The van der Waals surface area contributed by atoms with Crippen molar-refractivity contribution in [1.29, 1.82) is 0 Å². The predicted molar refractivity (Wildman–Crippen MR) is 164 cm³/mol. The molecule has 1 amide bonds. The highest BCUT2D eigenvalue weighted by Gasteiger charge is 2.53. The van der Waals surface area contributed by atoms with Crippen LogP contribution < -0.4 is 10.2 Å². The van der Waals surface area contributed by atoms with E-state index in [-0.39, 0.29) is 22.9 Å². The third-order valence-corrected chi connectivity index (χ3v) is 9.87. The molecule has 1 spiro atoms. The van der Waals surface area contributed by atoms with E-state index in [2.05, 4.69) is 46.3 Å². The van der Waals surface area contributed by atoms with Crippen LogP contribution in [-0.4, -0.2) is 73.7 Å². The number of hydrogen-bond donors (Lipinski definition) is 1. The van der Waals surface area contributed by atoms with Gasteiger partial charge in [-0.2, -0.15) is 0 Å². The van der Waals surface area contributed by atoms with Gasteiger partial charge in [0.25, 0.3) is 5.91 Å². The van der Waals surface area contributed by atoms with Crippen molar-refractivity contribution < 1.29 is 13.2 Å². The molecule has 2 aliphatic rings. The summed E-state index contributed by atoms with van der Waals surface area (Å²) in [6.07, 6.45) is 6.58. The second-order valence-electron chi connectivity index (χ2n) is 11.9. The Hall–Kier alpha value is -3.89. The summed E-state index contributed by atoms with van der Waals surface area (Å²) in [5.74, 6) is 0.623. The molecule has 1 aliphatic heterocycles. The molecule has 1 N–H and O–H groups in total. The average Bonchev–Trinajstić information content (AvgIpc) is 3.73. The fraction of sp³-hybridized carbons (Fsp3) is 0.375. The minimum Gasteiger partial charge on any atom is -0.356 e. The van der Waals surface area contributed by atoms with E-state index in [1.807, 2.05) is 24.3 Å². The van der Waals surface area contributed by atoms with Crippen LogP contribution in [0.3, 0.4) is 0 Å². The summed E-state index contributed by atoms with van der Waals surface area (Å²) in [4.78, 5) is 32.2. The van der Waals surface area contributed by atoms with E-state index in [0.717, 1.165) is 53.9 Å². The van der Waals surface area contributed by atoms with Gasteiger partial charge < -0.3 is 15.1 Å². The van der Waals surface area contributed by atoms with Gasteiger partial charge in [0.1, 0.15) is 5.82 Å². The molecule has 4 aromatic rings. The van der Waals surface area contributed by atoms with Gasteiger partial charge in [0.05, 0.1) is 34.0 Å². The van der Waals surface area contributed by atoms with Gasteiger partial charge in [0.15, 0.2) is 9.84 Å². The van der Waals surface area contributed by atoms with Gasteiger partial charge in [-0.15, -0.1) is 0 Å². The standard InChI is InChI=1S/C32H36N6O3S/c1-21-8-9-22(16-28(21)42(4,40)41)31(39)34-19-24-17-27-23(18-33-24)10-11-26(35-27)25-6-5-7-30(36-25)38-15-12-29(37(2)3)32(20-38)13-14-32/h5-11,16-18,29H,12-15,19-20H2,1-4H3,(H,34,39). The SMILES string of the molecule is Cc1ccc(C(=O)NCc2cc3nc(-c4cccc(N5CCC(N(C)C)C6(CC6)C5)n4)ccc3cn2)cc1S(C)(=O)=O. The van der Waals surface area contributed by atoms with E-state index in [0.29, 0.717) is 22.7 Å². The van der Waals surface area contributed by atoms with Gasteiger partial charge in [0.2, 0.25) is 0 Å². The second-order valence-corrected chi connectivity index (χ2v) is 13.9. The number of amides is 1. The zero-order valence-corrected chi connectivity index (χ0v) is 25.3. The van der Waals surface area contributed by atoms with Gasteiger partial charge in [-0.05, 0) is 88.3 Å². The number of hydrogen-bond acceptors (Lipinski definition) is 8. The smallest absolute Gasteiger partial charge is 0.251 e. The fourth-order valence-corrected chi connectivity index (χ4v) is 7.25. The number of aryl methyl sites for hydroxylation is 1. The van der Waals surface area contributed by atoms with E-state index in [1.165, 1.54) is 18.9 Å². The maximum Gasteiger partial charge on any atom is 0.251 e. The lowest BCUT2D eigenvalue weighted by atomic mass is 9.88. The first-order chi connectivity index (χ1) is 20.0. The molecule has 1 saturated carbocycles. The van der Waals surface area contributed by atoms with Crippen molar-refractivity contribution in [1.82, 2.24) is 25.2 Å². The van der Waals surface area contributed by atoms with Crippen LogP contribution in [-0.2, 0) is 16.4 Å². The van der Waals surface area contributed by atoms with Crippen LogP contribution in [0.5, 0.6) is 0 Å². The number of piperidine rings is 1. The quantitative estimate of drug-likeness (QED) is 0.344. The van der Waals surface area contributed by atoms with Crippen molar-refractivity contribution in [2.75, 3.05) is 38.3 Å². The Morgan fingerprint density at radius 1 is 1.07 bits per heavy atom. The van der Waals surface area contributed by atoms with Crippen LogP contribution in [0.4, 0.5) is 5.82 Å². The molecule has 9 nitrogen and oxygen atoms in total. The topological polar surface area (TPSA) is 108 Å². The Balaban J connectivity index is 1.18. The van der Waals surface area contributed by atoms with Gasteiger partial charge >= 0.3 is 0 Å². The van der Waals surface area contributed by atoms with Crippen molar-refractivity contribution in [3.63, 3.8) is 0 Å². The Morgan fingerprint density at radius 2 is 1.86 bits per heavy atom. The number of nitrogens with one attached hydrogen (secondary N) is 1. The molecule has 3 aromatic heterocycles. The third-order valence-electron chi connectivity index (χ3n) is 8.63. The molecule has 4 heterocycles. The largest absolute Gasteiger partial charge is 0.356 e. The summed E-state index contributed by atoms with van der Waals surface area (Å²) >= 11 is 0. The second kappa shape index (κ2) is 10.7. The lowest BCUT2D eigenvalue weighted by molar-refractivity contribution is 0.0950. The number of nitrogens with zero attached hydrogens (tertiary/aromatic N) is 5. The molecule has 218 valence electrons. The molecule has 1 saturated heterocycles. The molecular weight excluding hydrogens is 548 g/mol. The minimum absolute atomic E-state index is 0.151.